The number of nitrogens with two attached hydrogens (primary N) is 2. The number of sulfonamides is 1. The molecular weight excluding hydrogens is 342 g/mol. The van der Waals surface area contributed by atoms with Gasteiger partial charge in [0.2, 0.25) is 10.0 Å². The highest BCUT2D eigenvalue weighted by Gasteiger charge is 2.14. The lowest BCUT2D eigenvalue weighted by atomic mass is 10.1. The predicted octanol–water partition coefficient (Wildman–Crippen LogP) is 0.983. The Labute approximate surface area is 145 Å². The van der Waals surface area contributed by atoms with Crippen LogP contribution in [-0.2, 0) is 14.8 Å². The lowest BCUT2D eigenvalue weighted by molar-refractivity contribution is -0.469. The van der Waals surface area contributed by atoms with E-state index in [4.69, 9.17) is 15.7 Å². The smallest absolute Gasteiger partial charge is 0.354 e. The van der Waals surface area contributed by atoms with E-state index in [2.05, 4.69) is 0 Å². The van der Waals surface area contributed by atoms with E-state index in [9.17, 15) is 13.2 Å². The van der Waals surface area contributed by atoms with Gasteiger partial charge in [-0.3, -0.25) is 10.7 Å². The average Bonchev–Trinajstić information content (AvgIpc) is 2.54. The van der Waals surface area contributed by atoms with Crippen LogP contribution in [0.2, 0.25) is 0 Å². The second-order valence-electron chi connectivity index (χ2n) is 5.44. The van der Waals surface area contributed by atoms with Crippen molar-refractivity contribution in [3.8, 4) is 0 Å². The normalized spacial score (nSPS) is 12.0. The van der Waals surface area contributed by atoms with Gasteiger partial charge in [0.15, 0.2) is 0 Å². The highest BCUT2D eigenvalue weighted by Crippen LogP contribution is 2.13. The molecule has 0 aromatic heterocycles. The second-order valence-corrected chi connectivity index (χ2v) is 7.00. The van der Waals surface area contributed by atoms with E-state index in [1.807, 2.05) is 31.2 Å². The maximum atomic E-state index is 11.3. The molecule has 8 heteroatoms. The molecule has 0 heterocycles. The topological polar surface area (TPSA) is 138 Å². The third kappa shape index (κ3) is 5.08. The van der Waals surface area contributed by atoms with E-state index < -0.39 is 21.7 Å². The summed E-state index contributed by atoms with van der Waals surface area (Å²) in [6.07, 6.45) is 1.25. The molecule has 0 aliphatic carbocycles. The van der Waals surface area contributed by atoms with Gasteiger partial charge in [-0.25, -0.2) is 18.4 Å². The third-order valence-corrected chi connectivity index (χ3v) is 4.38. The summed E-state index contributed by atoms with van der Waals surface area (Å²) in [5.74, 6) is -1.33. The molecule has 0 fully saturated rings. The SMILES string of the molecule is Cc1ccc(/C(=C/C(=N)C(=O)O)[NH2+]c2ccc(S(N)(=O)=O)cc2)cc1. The molecule has 2 aromatic rings. The Kier molecular flexibility index (Phi) is 5.48. The number of aliphatic carboxylic acids is 1. The minimum Gasteiger partial charge on any atom is -0.477 e. The van der Waals surface area contributed by atoms with Gasteiger partial charge >= 0.3 is 5.97 Å². The standard InChI is InChI=1S/C17H17N3O4S/c1-11-2-4-12(5-3-11)16(10-15(18)17(21)22)20-13-6-8-14(9-7-13)25(19,23)24/h2-10,18,20H,1H3,(H,21,22)(H2,19,23,24)/p+1/b16-10-,18-15?. The maximum absolute atomic E-state index is 11.3. The summed E-state index contributed by atoms with van der Waals surface area (Å²) in [5, 5.41) is 23.3. The molecule has 0 saturated heterocycles. The summed E-state index contributed by atoms with van der Waals surface area (Å²) in [6, 6.07) is 13.3. The minimum absolute atomic E-state index is 0.0104. The van der Waals surface area contributed by atoms with Crippen molar-refractivity contribution in [2.75, 3.05) is 0 Å². The van der Waals surface area contributed by atoms with Gasteiger partial charge < -0.3 is 5.11 Å². The summed E-state index contributed by atoms with van der Waals surface area (Å²) in [4.78, 5) is 11.0. The van der Waals surface area contributed by atoms with Crippen LogP contribution in [0, 0.1) is 12.3 Å². The Bertz CT molecular complexity index is 931. The fourth-order valence-electron chi connectivity index (χ4n) is 2.10. The Morgan fingerprint density at radius 2 is 1.68 bits per heavy atom. The van der Waals surface area contributed by atoms with Crippen LogP contribution in [0.25, 0.3) is 5.70 Å². The number of nitrogens with one attached hydrogen (secondary N) is 1. The van der Waals surface area contributed by atoms with Crippen molar-refractivity contribution in [1.29, 1.82) is 5.41 Å². The minimum atomic E-state index is -3.78. The Hall–Kier alpha value is -2.81. The van der Waals surface area contributed by atoms with Gasteiger partial charge in [-0.05, 0) is 31.2 Å². The summed E-state index contributed by atoms with van der Waals surface area (Å²) in [7, 11) is -3.78. The van der Waals surface area contributed by atoms with Crippen LogP contribution < -0.4 is 10.5 Å². The monoisotopic (exact) mass is 360 g/mol. The van der Waals surface area contributed by atoms with E-state index in [0.717, 1.165) is 11.1 Å². The first-order valence-corrected chi connectivity index (χ1v) is 8.79. The largest absolute Gasteiger partial charge is 0.477 e. The highest BCUT2D eigenvalue weighted by molar-refractivity contribution is 7.89. The molecule has 25 heavy (non-hydrogen) atoms. The zero-order chi connectivity index (χ0) is 18.6. The van der Waals surface area contributed by atoms with E-state index in [0.29, 0.717) is 11.4 Å². The van der Waals surface area contributed by atoms with E-state index in [1.54, 1.807) is 17.4 Å². The molecule has 0 spiro atoms. The second kappa shape index (κ2) is 7.39. The first-order valence-electron chi connectivity index (χ1n) is 7.25. The summed E-state index contributed by atoms with van der Waals surface area (Å²) in [6.45, 7) is 1.93. The van der Waals surface area contributed by atoms with Crippen LogP contribution >= 0.6 is 0 Å². The summed E-state index contributed by atoms with van der Waals surface area (Å²) in [5.41, 5.74) is 2.42. The van der Waals surface area contributed by atoms with Crippen molar-refractivity contribution in [3.63, 3.8) is 0 Å². The first-order chi connectivity index (χ1) is 11.7. The van der Waals surface area contributed by atoms with Crippen molar-refractivity contribution in [2.45, 2.75) is 11.8 Å². The number of rotatable bonds is 6. The molecule has 0 radical (unpaired) electrons. The van der Waals surface area contributed by atoms with Gasteiger partial charge in [0, 0.05) is 23.8 Å². The first kappa shape index (κ1) is 18.5. The van der Waals surface area contributed by atoms with Gasteiger partial charge in [0.1, 0.15) is 17.1 Å². The number of hydrogen-bond acceptors (Lipinski definition) is 4. The number of hydrogen-bond donors (Lipinski definition) is 4. The van der Waals surface area contributed by atoms with Gasteiger partial charge in [-0.15, -0.1) is 0 Å². The third-order valence-electron chi connectivity index (χ3n) is 3.45. The van der Waals surface area contributed by atoms with Crippen molar-refractivity contribution in [1.82, 2.24) is 0 Å². The number of carboxylic acid groups (broad SMARTS) is 1. The number of aryl methyl sites for hydroxylation is 1. The number of carboxylic acids is 1. The van der Waals surface area contributed by atoms with Crippen molar-refractivity contribution in [2.24, 2.45) is 5.14 Å². The Balaban J connectivity index is 2.38. The molecule has 0 aliphatic heterocycles. The molecule has 0 amide bonds. The quantitative estimate of drug-likeness (QED) is 0.450. The van der Waals surface area contributed by atoms with Crippen LogP contribution in [-0.4, -0.2) is 25.2 Å². The number of quaternary nitrogens is 1. The molecule has 0 atom stereocenters. The average molecular weight is 360 g/mol. The van der Waals surface area contributed by atoms with Crippen molar-refractivity contribution >= 4 is 33.1 Å². The van der Waals surface area contributed by atoms with Crippen LogP contribution in [0.4, 0.5) is 5.69 Å². The highest BCUT2D eigenvalue weighted by atomic mass is 32.2. The Morgan fingerprint density at radius 1 is 1.12 bits per heavy atom. The number of benzene rings is 2. The fourth-order valence-corrected chi connectivity index (χ4v) is 2.62. The Morgan fingerprint density at radius 3 is 2.16 bits per heavy atom. The van der Waals surface area contributed by atoms with E-state index in [1.165, 1.54) is 18.2 Å². The van der Waals surface area contributed by atoms with Gasteiger partial charge in [0.25, 0.3) is 0 Å². The van der Waals surface area contributed by atoms with Crippen LogP contribution in [0.3, 0.4) is 0 Å². The fraction of sp³-hybridized carbons (Fsp3) is 0.0588. The molecular formula is C17H18N3O4S+. The van der Waals surface area contributed by atoms with Crippen LogP contribution in [0.1, 0.15) is 11.1 Å². The van der Waals surface area contributed by atoms with Gasteiger partial charge in [0.05, 0.1) is 4.90 Å². The lowest BCUT2D eigenvalue weighted by Crippen LogP contribution is -2.74. The van der Waals surface area contributed by atoms with Gasteiger partial charge in [-0.1, -0.05) is 17.7 Å². The number of primary sulfonamides is 1. The predicted molar refractivity (Wildman–Crippen MR) is 93.9 cm³/mol. The summed E-state index contributed by atoms with van der Waals surface area (Å²) >= 11 is 0. The zero-order valence-corrected chi connectivity index (χ0v) is 14.2. The maximum Gasteiger partial charge on any atom is 0.354 e. The lowest BCUT2D eigenvalue weighted by Gasteiger charge is -2.07. The molecule has 7 nitrogen and oxygen atoms in total. The number of carbonyl (C=O) groups is 1. The molecule has 130 valence electrons. The summed E-state index contributed by atoms with van der Waals surface area (Å²) < 4.78 is 22.6. The van der Waals surface area contributed by atoms with E-state index >= 15 is 0 Å². The molecule has 0 bridgehead atoms. The zero-order valence-electron chi connectivity index (χ0n) is 13.4. The molecule has 0 unspecified atom stereocenters. The van der Waals surface area contributed by atoms with Crippen molar-refractivity contribution in [3.05, 3.63) is 65.7 Å². The molecule has 2 aromatic carbocycles. The van der Waals surface area contributed by atoms with Crippen LogP contribution in [0.15, 0.2) is 59.5 Å². The molecule has 2 rings (SSSR count). The van der Waals surface area contributed by atoms with Crippen molar-refractivity contribution < 1.29 is 23.6 Å². The van der Waals surface area contributed by atoms with Crippen LogP contribution in [0.5, 0.6) is 0 Å². The molecule has 0 aliphatic rings. The van der Waals surface area contributed by atoms with E-state index in [-0.39, 0.29) is 4.90 Å². The molecule has 0 saturated carbocycles. The molecule has 6 N–H and O–H groups in total. The van der Waals surface area contributed by atoms with Gasteiger partial charge in [-0.2, -0.15) is 0 Å².